The topological polar surface area (TPSA) is 39.0 Å². The van der Waals surface area contributed by atoms with Gasteiger partial charge in [0.25, 0.3) is 0 Å². The Labute approximate surface area is 96.3 Å². The number of nitrogens with one attached hydrogen (secondary N) is 1. The second-order valence-electron chi connectivity index (χ2n) is 4.52. The van der Waals surface area contributed by atoms with Crippen LogP contribution < -0.4 is 11.0 Å². The van der Waals surface area contributed by atoms with Crippen molar-refractivity contribution in [1.29, 1.82) is 0 Å². The molecule has 2 rings (SSSR count). The smallest absolute Gasteiger partial charge is 0.312 e. The van der Waals surface area contributed by atoms with Gasteiger partial charge in [-0.2, -0.15) is 0 Å². The van der Waals surface area contributed by atoms with E-state index in [1.54, 1.807) is 4.57 Å². The van der Waals surface area contributed by atoms with E-state index in [9.17, 15) is 4.79 Å². The SMILES string of the molecule is CCNC(Cn1ccn(CC)c1=O)C1CC1. The van der Waals surface area contributed by atoms with Gasteiger partial charge in [-0.25, -0.2) is 4.79 Å². The van der Waals surface area contributed by atoms with Gasteiger partial charge in [0.2, 0.25) is 0 Å². The number of likely N-dealkylation sites (N-methyl/N-ethyl adjacent to an activating group) is 1. The first-order valence-corrected chi connectivity index (χ1v) is 6.25. The van der Waals surface area contributed by atoms with Crippen molar-refractivity contribution < 1.29 is 0 Å². The average Bonchev–Trinajstić information content (AvgIpc) is 3.06. The van der Waals surface area contributed by atoms with E-state index < -0.39 is 0 Å². The standard InChI is InChI=1S/C12H21N3O/c1-3-13-11(10-5-6-10)9-15-8-7-14(4-2)12(15)16/h7-8,10-11,13H,3-6,9H2,1-2H3. The highest BCUT2D eigenvalue weighted by Gasteiger charge is 2.30. The first kappa shape index (κ1) is 11.5. The number of imidazole rings is 1. The fourth-order valence-electron chi connectivity index (χ4n) is 2.19. The van der Waals surface area contributed by atoms with E-state index in [2.05, 4.69) is 12.2 Å². The summed E-state index contributed by atoms with van der Waals surface area (Å²) in [6.07, 6.45) is 6.39. The number of aryl methyl sites for hydroxylation is 1. The van der Waals surface area contributed by atoms with Crippen LogP contribution in [-0.4, -0.2) is 21.7 Å². The molecule has 1 atom stereocenters. The lowest BCUT2D eigenvalue weighted by Gasteiger charge is -2.17. The molecule has 1 N–H and O–H groups in total. The van der Waals surface area contributed by atoms with Crippen molar-refractivity contribution in [2.45, 2.75) is 45.8 Å². The van der Waals surface area contributed by atoms with Crippen molar-refractivity contribution >= 4 is 0 Å². The highest BCUT2D eigenvalue weighted by molar-refractivity contribution is 4.89. The summed E-state index contributed by atoms with van der Waals surface area (Å²) in [4.78, 5) is 11.9. The minimum absolute atomic E-state index is 0.117. The number of aromatic nitrogens is 2. The fourth-order valence-corrected chi connectivity index (χ4v) is 2.19. The molecule has 0 amide bonds. The molecule has 1 aromatic heterocycles. The van der Waals surface area contributed by atoms with Gasteiger partial charge < -0.3 is 5.32 Å². The molecule has 1 aliphatic rings. The highest BCUT2D eigenvalue weighted by atomic mass is 16.1. The van der Waals surface area contributed by atoms with Crippen LogP contribution in [0.1, 0.15) is 26.7 Å². The molecule has 1 fully saturated rings. The maximum absolute atomic E-state index is 11.9. The Morgan fingerprint density at radius 2 is 2.06 bits per heavy atom. The Morgan fingerprint density at radius 3 is 2.56 bits per heavy atom. The molecule has 1 unspecified atom stereocenters. The van der Waals surface area contributed by atoms with E-state index >= 15 is 0 Å². The summed E-state index contributed by atoms with van der Waals surface area (Å²) in [6.45, 7) is 6.65. The summed E-state index contributed by atoms with van der Waals surface area (Å²) in [5.41, 5.74) is 0.117. The maximum Gasteiger partial charge on any atom is 0.328 e. The molecule has 0 saturated heterocycles. The summed E-state index contributed by atoms with van der Waals surface area (Å²) in [6, 6.07) is 0.468. The van der Waals surface area contributed by atoms with Crippen LogP contribution in [0.15, 0.2) is 17.2 Å². The van der Waals surface area contributed by atoms with Crippen molar-refractivity contribution in [3.05, 3.63) is 22.9 Å². The van der Waals surface area contributed by atoms with E-state index in [-0.39, 0.29) is 5.69 Å². The van der Waals surface area contributed by atoms with Crippen LogP contribution in [0.3, 0.4) is 0 Å². The van der Waals surface area contributed by atoms with Crippen LogP contribution in [0, 0.1) is 5.92 Å². The number of hydrogen-bond donors (Lipinski definition) is 1. The Morgan fingerprint density at radius 1 is 1.38 bits per heavy atom. The second kappa shape index (κ2) is 4.87. The molecule has 1 aromatic rings. The highest BCUT2D eigenvalue weighted by Crippen LogP contribution is 2.33. The van der Waals surface area contributed by atoms with Crippen LogP contribution >= 0.6 is 0 Å². The quantitative estimate of drug-likeness (QED) is 0.783. The number of nitrogens with zero attached hydrogens (tertiary/aromatic N) is 2. The van der Waals surface area contributed by atoms with Crippen molar-refractivity contribution in [3.63, 3.8) is 0 Å². The molecule has 1 aliphatic carbocycles. The molecule has 0 aliphatic heterocycles. The largest absolute Gasteiger partial charge is 0.328 e. The second-order valence-corrected chi connectivity index (χ2v) is 4.52. The zero-order valence-corrected chi connectivity index (χ0v) is 10.1. The third-order valence-electron chi connectivity index (χ3n) is 3.31. The first-order valence-electron chi connectivity index (χ1n) is 6.25. The monoisotopic (exact) mass is 223 g/mol. The molecule has 0 bridgehead atoms. The van der Waals surface area contributed by atoms with E-state index in [1.165, 1.54) is 12.8 Å². The van der Waals surface area contributed by atoms with E-state index in [0.717, 1.165) is 25.6 Å². The zero-order chi connectivity index (χ0) is 11.5. The van der Waals surface area contributed by atoms with Gasteiger partial charge in [0.15, 0.2) is 0 Å². The molecular formula is C12H21N3O. The summed E-state index contributed by atoms with van der Waals surface area (Å²) >= 11 is 0. The third-order valence-corrected chi connectivity index (χ3v) is 3.31. The Kier molecular flexibility index (Phi) is 3.49. The summed E-state index contributed by atoms with van der Waals surface area (Å²) in [5.74, 6) is 0.775. The average molecular weight is 223 g/mol. The zero-order valence-electron chi connectivity index (χ0n) is 10.1. The molecule has 1 saturated carbocycles. The van der Waals surface area contributed by atoms with Crippen molar-refractivity contribution in [1.82, 2.24) is 14.5 Å². The summed E-state index contributed by atoms with van der Waals surface area (Å²) in [7, 11) is 0. The molecule has 4 nitrogen and oxygen atoms in total. The fraction of sp³-hybridized carbons (Fsp3) is 0.750. The lowest BCUT2D eigenvalue weighted by atomic mass is 10.2. The minimum atomic E-state index is 0.117. The summed E-state index contributed by atoms with van der Waals surface area (Å²) < 4.78 is 3.57. The van der Waals surface area contributed by atoms with Gasteiger partial charge >= 0.3 is 5.69 Å². The minimum Gasteiger partial charge on any atom is -0.312 e. The molecule has 0 spiro atoms. The van der Waals surface area contributed by atoms with E-state index in [1.807, 2.05) is 23.9 Å². The van der Waals surface area contributed by atoms with Gasteiger partial charge in [-0.3, -0.25) is 9.13 Å². The maximum atomic E-state index is 11.9. The normalized spacial score (nSPS) is 17.6. The third kappa shape index (κ3) is 2.38. The van der Waals surface area contributed by atoms with E-state index in [4.69, 9.17) is 0 Å². The van der Waals surface area contributed by atoms with Crippen molar-refractivity contribution in [2.24, 2.45) is 5.92 Å². The van der Waals surface area contributed by atoms with Crippen LogP contribution in [0.2, 0.25) is 0 Å². The molecular weight excluding hydrogens is 202 g/mol. The number of hydrogen-bond acceptors (Lipinski definition) is 2. The number of rotatable bonds is 6. The van der Waals surface area contributed by atoms with Crippen LogP contribution in [-0.2, 0) is 13.1 Å². The first-order chi connectivity index (χ1) is 7.76. The van der Waals surface area contributed by atoms with Crippen LogP contribution in [0.25, 0.3) is 0 Å². The lowest BCUT2D eigenvalue weighted by Crippen LogP contribution is -2.38. The molecule has 0 aromatic carbocycles. The predicted octanol–water partition coefficient (Wildman–Crippen LogP) is 1.06. The van der Waals surface area contributed by atoms with Gasteiger partial charge in [-0.05, 0) is 32.2 Å². The van der Waals surface area contributed by atoms with Gasteiger partial charge in [0.1, 0.15) is 0 Å². The predicted molar refractivity (Wildman–Crippen MR) is 64.6 cm³/mol. The summed E-state index contributed by atoms with van der Waals surface area (Å²) in [5, 5.41) is 3.48. The van der Waals surface area contributed by atoms with Gasteiger partial charge in [-0.1, -0.05) is 6.92 Å². The van der Waals surface area contributed by atoms with Crippen LogP contribution in [0.5, 0.6) is 0 Å². The van der Waals surface area contributed by atoms with Crippen molar-refractivity contribution in [3.8, 4) is 0 Å². The van der Waals surface area contributed by atoms with Crippen LogP contribution in [0.4, 0.5) is 0 Å². The molecule has 0 radical (unpaired) electrons. The van der Waals surface area contributed by atoms with E-state index in [0.29, 0.717) is 6.04 Å². The lowest BCUT2D eigenvalue weighted by molar-refractivity contribution is 0.408. The Hall–Kier alpha value is -1.03. The molecule has 16 heavy (non-hydrogen) atoms. The van der Waals surface area contributed by atoms with Gasteiger partial charge in [0.05, 0.1) is 0 Å². The Balaban J connectivity index is 2.06. The van der Waals surface area contributed by atoms with Crippen molar-refractivity contribution in [2.75, 3.05) is 6.54 Å². The molecule has 90 valence electrons. The Bertz CT molecular complexity index is 389. The molecule has 4 heteroatoms. The van der Waals surface area contributed by atoms with Gasteiger partial charge in [-0.15, -0.1) is 0 Å². The molecule has 1 heterocycles. The van der Waals surface area contributed by atoms with Gasteiger partial charge in [0, 0.05) is 31.5 Å².